The summed E-state index contributed by atoms with van der Waals surface area (Å²) in [4.78, 5) is 11.0. The predicted octanol–water partition coefficient (Wildman–Crippen LogP) is 7.12. The molecular formula is C21H41NO2. The molecule has 0 fully saturated rings. The van der Waals surface area contributed by atoms with Crippen LogP contribution < -0.4 is 5.32 Å². The van der Waals surface area contributed by atoms with Crippen LogP contribution in [0.3, 0.4) is 0 Å². The van der Waals surface area contributed by atoms with Gasteiger partial charge in [-0.15, -0.1) is 0 Å². The molecule has 0 rings (SSSR count). The van der Waals surface area contributed by atoms with Crippen molar-refractivity contribution in [2.45, 2.75) is 110 Å². The molecule has 0 saturated heterocycles. The maximum atomic E-state index is 11.0. The summed E-state index contributed by atoms with van der Waals surface area (Å²) < 4.78 is 4.58. The van der Waals surface area contributed by atoms with Crippen molar-refractivity contribution in [3.63, 3.8) is 0 Å². The lowest BCUT2D eigenvalue weighted by Crippen LogP contribution is -2.23. The number of ether oxygens (including phenoxy) is 1. The highest BCUT2D eigenvalue weighted by atomic mass is 16.5. The van der Waals surface area contributed by atoms with Gasteiger partial charge in [0, 0.05) is 6.54 Å². The van der Waals surface area contributed by atoms with Crippen LogP contribution in [0.1, 0.15) is 110 Å². The van der Waals surface area contributed by atoms with Crippen molar-refractivity contribution in [2.24, 2.45) is 0 Å². The number of hydrogen-bond donors (Lipinski definition) is 1. The standard InChI is InChI=1S/C21H41NO2/c1-3-5-6-7-8-9-10-11-12-13-14-15-16-17-18-19-20-22-21(23)24-4-2/h4H,2-3,5-20H2,1H3,(H,22,23). The van der Waals surface area contributed by atoms with Gasteiger partial charge in [0.15, 0.2) is 0 Å². The molecule has 0 aromatic rings. The summed E-state index contributed by atoms with van der Waals surface area (Å²) in [5.74, 6) is 0. The first-order valence-corrected chi connectivity index (χ1v) is 10.4. The zero-order valence-corrected chi connectivity index (χ0v) is 16.1. The normalized spacial score (nSPS) is 10.5. The van der Waals surface area contributed by atoms with Crippen LogP contribution in [-0.2, 0) is 4.74 Å². The molecule has 0 atom stereocenters. The van der Waals surface area contributed by atoms with Crippen molar-refractivity contribution < 1.29 is 9.53 Å². The largest absolute Gasteiger partial charge is 0.419 e. The van der Waals surface area contributed by atoms with E-state index in [1.165, 1.54) is 96.3 Å². The highest BCUT2D eigenvalue weighted by Gasteiger charge is 1.98. The first-order valence-electron chi connectivity index (χ1n) is 10.4. The Kier molecular flexibility index (Phi) is 19.2. The monoisotopic (exact) mass is 339 g/mol. The molecule has 24 heavy (non-hydrogen) atoms. The molecule has 1 N–H and O–H groups in total. The molecule has 0 unspecified atom stereocenters. The molecule has 0 bridgehead atoms. The number of hydrogen-bond acceptors (Lipinski definition) is 2. The number of alkyl carbamates (subject to hydrolysis) is 1. The van der Waals surface area contributed by atoms with Gasteiger partial charge in [0.1, 0.15) is 0 Å². The molecule has 0 spiro atoms. The molecule has 0 aromatic heterocycles. The van der Waals surface area contributed by atoms with Crippen molar-refractivity contribution in [1.29, 1.82) is 0 Å². The summed E-state index contributed by atoms with van der Waals surface area (Å²) in [7, 11) is 0. The molecule has 3 heteroatoms. The first-order chi connectivity index (χ1) is 11.8. The number of unbranched alkanes of at least 4 members (excludes halogenated alkanes) is 15. The summed E-state index contributed by atoms with van der Waals surface area (Å²) in [6.45, 7) is 6.32. The summed E-state index contributed by atoms with van der Waals surface area (Å²) in [5.41, 5.74) is 0. The van der Waals surface area contributed by atoms with E-state index >= 15 is 0 Å². The van der Waals surface area contributed by atoms with E-state index in [0.717, 1.165) is 12.7 Å². The zero-order chi connectivity index (χ0) is 17.7. The van der Waals surface area contributed by atoms with Gasteiger partial charge in [-0.3, -0.25) is 0 Å². The fourth-order valence-electron chi connectivity index (χ4n) is 2.98. The van der Waals surface area contributed by atoms with Crippen LogP contribution in [0.25, 0.3) is 0 Å². The minimum Gasteiger partial charge on any atom is -0.419 e. The van der Waals surface area contributed by atoms with Gasteiger partial charge in [0.05, 0.1) is 6.26 Å². The Labute approximate surface area is 150 Å². The second-order valence-corrected chi connectivity index (χ2v) is 6.80. The average molecular weight is 340 g/mol. The van der Waals surface area contributed by atoms with E-state index in [4.69, 9.17) is 0 Å². The molecule has 142 valence electrons. The Morgan fingerprint density at radius 1 is 0.750 bits per heavy atom. The van der Waals surface area contributed by atoms with Gasteiger partial charge < -0.3 is 10.1 Å². The van der Waals surface area contributed by atoms with Crippen molar-refractivity contribution in [2.75, 3.05) is 6.54 Å². The lowest BCUT2D eigenvalue weighted by molar-refractivity contribution is 0.185. The van der Waals surface area contributed by atoms with Crippen molar-refractivity contribution >= 4 is 6.09 Å². The number of carbonyl (C=O) groups excluding carboxylic acids is 1. The fraction of sp³-hybridized carbons (Fsp3) is 0.857. The third-order valence-corrected chi connectivity index (χ3v) is 4.49. The van der Waals surface area contributed by atoms with Crippen LogP contribution in [0.15, 0.2) is 12.8 Å². The van der Waals surface area contributed by atoms with Crippen LogP contribution in [-0.4, -0.2) is 12.6 Å². The highest BCUT2D eigenvalue weighted by Crippen LogP contribution is 2.13. The van der Waals surface area contributed by atoms with E-state index in [-0.39, 0.29) is 0 Å². The molecule has 0 aliphatic heterocycles. The van der Waals surface area contributed by atoms with Crippen LogP contribution in [0.4, 0.5) is 4.79 Å². The Morgan fingerprint density at radius 3 is 1.50 bits per heavy atom. The quantitative estimate of drug-likeness (QED) is 0.213. The van der Waals surface area contributed by atoms with Gasteiger partial charge in [0.2, 0.25) is 0 Å². The first kappa shape index (κ1) is 23.0. The Bertz CT molecular complexity index is 279. The third-order valence-electron chi connectivity index (χ3n) is 4.49. The van der Waals surface area contributed by atoms with E-state index in [9.17, 15) is 4.79 Å². The molecule has 0 aliphatic carbocycles. The molecule has 1 amide bonds. The molecule has 3 nitrogen and oxygen atoms in total. The van der Waals surface area contributed by atoms with Gasteiger partial charge >= 0.3 is 6.09 Å². The summed E-state index contributed by atoms with van der Waals surface area (Å²) in [6.07, 6.45) is 22.6. The van der Waals surface area contributed by atoms with Gasteiger partial charge in [0.25, 0.3) is 0 Å². The topological polar surface area (TPSA) is 38.3 Å². The van der Waals surface area contributed by atoms with Crippen molar-refractivity contribution in [3.8, 4) is 0 Å². The van der Waals surface area contributed by atoms with Crippen LogP contribution in [0.5, 0.6) is 0 Å². The van der Waals surface area contributed by atoms with Crippen molar-refractivity contribution in [1.82, 2.24) is 5.32 Å². The van der Waals surface area contributed by atoms with E-state index in [1.54, 1.807) is 0 Å². The second kappa shape index (κ2) is 20.1. The maximum Gasteiger partial charge on any atom is 0.411 e. The van der Waals surface area contributed by atoms with E-state index in [0.29, 0.717) is 6.54 Å². The van der Waals surface area contributed by atoms with Crippen LogP contribution >= 0.6 is 0 Å². The summed E-state index contributed by atoms with van der Waals surface area (Å²) in [6, 6.07) is 0. The van der Waals surface area contributed by atoms with Crippen LogP contribution in [0, 0.1) is 0 Å². The Morgan fingerprint density at radius 2 is 1.12 bits per heavy atom. The molecule has 0 aromatic carbocycles. The summed E-state index contributed by atoms with van der Waals surface area (Å²) in [5, 5.41) is 2.70. The molecule has 0 heterocycles. The van der Waals surface area contributed by atoms with E-state index < -0.39 is 6.09 Å². The van der Waals surface area contributed by atoms with Gasteiger partial charge in [-0.2, -0.15) is 0 Å². The lowest BCUT2D eigenvalue weighted by Gasteiger charge is -2.04. The lowest BCUT2D eigenvalue weighted by atomic mass is 10.0. The molecular weight excluding hydrogens is 298 g/mol. The zero-order valence-electron chi connectivity index (χ0n) is 16.1. The molecule has 0 aliphatic rings. The van der Waals surface area contributed by atoms with Gasteiger partial charge in [-0.25, -0.2) is 4.79 Å². The average Bonchev–Trinajstić information content (AvgIpc) is 2.58. The second-order valence-electron chi connectivity index (χ2n) is 6.80. The molecule has 0 radical (unpaired) electrons. The predicted molar refractivity (Wildman–Crippen MR) is 104 cm³/mol. The minimum atomic E-state index is -0.397. The number of nitrogens with one attached hydrogen (secondary N) is 1. The summed E-state index contributed by atoms with van der Waals surface area (Å²) >= 11 is 0. The van der Waals surface area contributed by atoms with Gasteiger partial charge in [-0.05, 0) is 6.42 Å². The van der Waals surface area contributed by atoms with Gasteiger partial charge in [-0.1, -0.05) is 110 Å². The maximum absolute atomic E-state index is 11.0. The van der Waals surface area contributed by atoms with E-state index in [1.807, 2.05) is 0 Å². The molecule has 0 saturated carbocycles. The third kappa shape index (κ3) is 19.1. The smallest absolute Gasteiger partial charge is 0.411 e. The number of carbonyl (C=O) groups is 1. The van der Waals surface area contributed by atoms with E-state index in [2.05, 4.69) is 23.6 Å². The Hall–Kier alpha value is -0.990. The minimum absolute atomic E-state index is 0.397. The Balaban J connectivity index is 3.02. The SMILES string of the molecule is C=COC(=O)NCCCCCCCCCCCCCCCCCC. The highest BCUT2D eigenvalue weighted by molar-refractivity contribution is 5.67. The number of rotatable bonds is 18. The number of amides is 1. The van der Waals surface area contributed by atoms with Crippen molar-refractivity contribution in [3.05, 3.63) is 12.8 Å². The fourth-order valence-corrected chi connectivity index (χ4v) is 2.98. The van der Waals surface area contributed by atoms with Crippen LogP contribution in [0.2, 0.25) is 0 Å².